The Morgan fingerprint density at radius 3 is 2.71 bits per heavy atom. The average molecular weight is 468 g/mol. The largest absolute Gasteiger partial charge is 0.480 e. The molecule has 4 N–H and O–H groups in total. The molecular weight excluding hydrogens is 456 g/mol. The predicted molar refractivity (Wildman–Crippen MR) is 108 cm³/mol. The summed E-state index contributed by atoms with van der Waals surface area (Å²) in [5.41, 5.74) is 4.71. The molecule has 0 bridgehead atoms. The van der Waals surface area contributed by atoms with E-state index in [2.05, 4.69) is 24.9 Å². The van der Waals surface area contributed by atoms with Gasteiger partial charge < -0.3 is 15.5 Å². The molecule has 160 valence electrons. The van der Waals surface area contributed by atoms with E-state index in [1.165, 1.54) is 19.5 Å². The number of ether oxygens (including phenoxy) is 1. The van der Waals surface area contributed by atoms with Gasteiger partial charge in [0, 0.05) is 6.20 Å². The van der Waals surface area contributed by atoms with Gasteiger partial charge in [-0.3, -0.25) is 4.72 Å². The number of hydrogen-bond acceptors (Lipinski definition) is 8. The van der Waals surface area contributed by atoms with Gasteiger partial charge in [0.25, 0.3) is 10.0 Å². The fourth-order valence-corrected chi connectivity index (χ4v) is 4.17. The zero-order valence-electron chi connectivity index (χ0n) is 15.5. The second kappa shape index (κ2) is 7.59. The van der Waals surface area contributed by atoms with Gasteiger partial charge in [-0.2, -0.15) is 4.98 Å². The number of halogens is 3. The quantitative estimate of drug-likeness (QED) is 0.405. The van der Waals surface area contributed by atoms with Crippen molar-refractivity contribution in [2.75, 3.05) is 17.6 Å². The fourth-order valence-electron chi connectivity index (χ4n) is 2.74. The van der Waals surface area contributed by atoms with Crippen LogP contribution in [-0.2, 0) is 10.0 Å². The Morgan fingerprint density at radius 2 is 1.97 bits per heavy atom. The Balaban J connectivity index is 1.80. The van der Waals surface area contributed by atoms with E-state index in [0.717, 1.165) is 18.2 Å². The van der Waals surface area contributed by atoms with Crippen LogP contribution in [0.1, 0.15) is 0 Å². The van der Waals surface area contributed by atoms with E-state index in [1.54, 1.807) is 0 Å². The number of aromatic nitrogens is 5. The molecule has 0 amide bonds. The van der Waals surface area contributed by atoms with Crippen LogP contribution in [0.2, 0.25) is 5.02 Å². The van der Waals surface area contributed by atoms with Crippen LogP contribution in [0.5, 0.6) is 5.88 Å². The Bertz CT molecular complexity index is 1430. The summed E-state index contributed by atoms with van der Waals surface area (Å²) in [6.45, 7) is 0. The van der Waals surface area contributed by atoms with Crippen LogP contribution in [0.3, 0.4) is 0 Å². The summed E-state index contributed by atoms with van der Waals surface area (Å²) in [6, 6.07) is 2.90. The van der Waals surface area contributed by atoms with Gasteiger partial charge >= 0.3 is 0 Å². The number of aromatic amines is 1. The van der Waals surface area contributed by atoms with Gasteiger partial charge in [-0.15, -0.1) is 0 Å². The third-order valence-corrected chi connectivity index (χ3v) is 5.66. The van der Waals surface area contributed by atoms with Crippen molar-refractivity contribution >= 4 is 44.4 Å². The van der Waals surface area contributed by atoms with Crippen LogP contribution in [0.4, 0.5) is 20.4 Å². The third-order valence-electron chi connectivity index (χ3n) is 4.10. The number of sulfonamides is 1. The first-order valence-corrected chi connectivity index (χ1v) is 10.2. The molecule has 4 aromatic rings. The molecule has 3 aromatic heterocycles. The van der Waals surface area contributed by atoms with Crippen LogP contribution in [0.25, 0.3) is 22.6 Å². The molecule has 10 nitrogen and oxygen atoms in total. The van der Waals surface area contributed by atoms with E-state index in [0.29, 0.717) is 0 Å². The normalized spacial score (nSPS) is 11.6. The van der Waals surface area contributed by atoms with Crippen molar-refractivity contribution in [3.63, 3.8) is 0 Å². The lowest BCUT2D eigenvalue weighted by Gasteiger charge is -2.13. The first-order valence-electron chi connectivity index (χ1n) is 8.38. The molecule has 0 aliphatic heterocycles. The molecular formula is C17H12ClF2N7O3S. The minimum Gasteiger partial charge on any atom is -0.480 e. The van der Waals surface area contributed by atoms with Crippen molar-refractivity contribution in [3.8, 4) is 17.3 Å². The highest BCUT2D eigenvalue weighted by molar-refractivity contribution is 7.92. The number of methoxy groups -OCH3 is 1. The number of imidazole rings is 1. The highest BCUT2D eigenvalue weighted by atomic mass is 35.5. The maximum absolute atomic E-state index is 15.2. The van der Waals surface area contributed by atoms with Crippen LogP contribution in [-0.4, -0.2) is 40.4 Å². The van der Waals surface area contributed by atoms with Gasteiger partial charge in [-0.25, -0.2) is 32.2 Å². The van der Waals surface area contributed by atoms with Crippen LogP contribution in [0.15, 0.2) is 35.5 Å². The second-order valence-corrected chi connectivity index (χ2v) is 8.19. The van der Waals surface area contributed by atoms with Crippen molar-refractivity contribution in [2.45, 2.75) is 4.90 Å². The molecule has 0 radical (unpaired) electrons. The topological polar surface area (TPSA) is 149 Å². The second-order valence-electron chi connectivity index (χ2n) is 6.10. The summed E-state index contributed by atoms with van der Waals surface area (Å²) in [4.78, 5) is 17.7. The number of hydrogen-bond donors (Lipinski definition) is 3. The molecule has 31 heavy (non-hydrogen) atoms. The Hall–Kier alpha value is -3.58. The van der Waals surface area contributed by atoms with Crippen LogP contribution >= 0.6 is 11.6 Å². The molecule has 0 saturated heterocycles. The minimum atomic E-state index is -4.40. The summed E-state index contributed by atoms with van der Waals surface area (Å²) < 4.78 is 62.2. The van der Waals surface area contributed by atoms with Gasteiger partial charge in [0.05, 0.1) is 29.6 Å². The lowest BCUT2D eigenvalue weighted by atomic mass is 10.1. The number of anilines is 2. The first-order chi connectivity index (χ1) is 14.7. The molecule has 0 aliphatic carbocycles. The molecule has 4 rings (SSSR count). The zero-order valence-corrected chi connectivity index (χ0v) is 17.1. The van der Waals surface area contributed by atoms with Gasteiger partial charge in [0.15, 0.2) is 16.4 Å². The van der Waals surface area contributed by atoms with Gasteiger partial charge in [0.1, 0.15) is 17.2 Å². The Labute approximate surface area is 178 Å². The summed E-state index contributed by atoms with van der Waals surface area (Å²) in [5, 5.41) is 0.0177. The molecule has 0 atom stereocenters. The lowest BCUT2D eigenvalue weighted by molar-refractivity contribution is 0.385. The van der Waals surface area contributed by atoms with E-state index < -0.39 is 37.8 Å². The van der Waals surface area contributed by atoms with E-state index in [9.17, 15) is 12.8 Å². The van der Waals surface area contributed by atoms with Gasteiger partial charge in [-0.1, -0.05) is 11.6 Å². The van der Waals surface area contributed by atoms with Gasteiger partial charge in [-0.05, 0) is 18.2 Å². The Kier molecular flexibility index (Phi) is 5.07. The van der Waals surface area contributed by atoms with Gasteiger partial charge in [0.2, 0.25) is 11.8 Å². The fraction of sp³-hybridized carbons (Fsp3) is 0.0588. The van der Waals surface area contributed by atoms with Crippen LogP contribution < -0.4 is 15.2 Å². The Morgan fingerprint density at radius 1 is 1.19 bits per heavy atom. The summed E-state index contributed by atoms with van der Waals surface area (Å²) in [6.07, 6.45) is 2.49. The standard InChI is InChI=1S/C17H12ClF2N7O3S/c1-30-16-11(4-7(18)5-22-16)31(28,29)27-9-3-2-8(19)12(13(9)20)15-24-10-6-23-17(21)26-14(10)25-15/h2-6,27H,1H3,(H3,21,23,24,25,26). The number of nitrogen functional groups attached to an aromatic ring is 1. The van der Waals surface area contributed by atoms with Crippen molar-refractivity contribution in [2.24, 2.45) is 0 Å². The molecule has 0 saturated carbocycles. The number of nitrogens with zero attached hydrogens (tertiary/aromatic N) is 4. The van der Waals surface area contributed by atoms with E-state index in [1.807, 2.05) is 4.72 Å². The van der Waals surface area contributed by atoms with E-state index in [4.69, 9.17) is 22.1 Å². The molecule has 14 heteroatoms. The number of H-pyrrole nitrogens is 1. The number of rotatable bonds is 5. The highest BCUT2D eigenvalue weighted by Gasteiger charge is 2.26. The first kappa shape index (κ1) is 20.7. The minimum absolute atomic E-state index is 0.0177. The van der Waals surface area contributed by atoms with E-state index >= 15 is 4.39 Å². The number of benzene rings is 1. The molecule has 0 fully saturated rings. The molecule has 0 unspecified atom stereocenters. The highest BCUT2D eigenvalue weighted by Crippen LogP contribution is 2.32. The monoisotopic (exact) mass is 467 g/mol. The summed E-state index contributed by atoms with van der Waals surface area (Å²) >= 11 is 5.82. The van der Waals surface area contributed by atoms with Crippen LogP contribution in [0, 0.1) is 11.6 Å². The molecule has 3 heterocycles. The van der Waals surface area contributed by atoms with E-state index in [-0.39, 0.29) is 33.8 Å². The lowest BCUT2D eigenvalue weighted by Crippen LogP contribution is -2.16. The maximum Gasteiger partial charge on any atom is 0.267 e. The number of nitrogens with two attached hydrogens (primary N) is 1. The smallest absolute Gasteiger partial charge is 0.267 e. The molecule has 0 spiro atoms. The van der Waals surface area contributed by atoms with Crippen molar-refractivity contribution in [1.29, 1.82) is 0 Å². The van der Waals surface area contributed by atoms with Crippen molar-refractivity contribution in [1.82, 2.24) is 24.9 Å². The predicted octanol–water partition coefficient (Wildman–Crippen LogP) is 2.74. The maximum atomic E-state index is 15.2. The SMILES string of the molecule is COc1ncc(Cl)cc1S(=O)(=O)Nc1ccc(F)c(-c2nc3nc(N)ncc3[nH]2)c1F. The number of nitrogens with one attached hydrogen (secondary N) is 2. The third kappa shape index (κ3) is 3.80. The molecule has 1 aromatic carbocycles. The average Bonchev–Trinajstić information content (AvgIpc) is 3.12. The van der Waals surface area contributed by atoms with Crippen molar-refractivity contribution in [3.05, 3.63) is 47.2 Å². The molecule has 0 aliphatic rings. The zero-order chi connectivity index (χ0) is 22.3. The summed E-state index contributed by atoms with van der Waals surface area (Å²) in [7, 11) is -3.19. The number of fused-ring (bicyclic) bond motifs is 1. The summed E-state index contributed by atoms with van der Waals surface area (Å²) in [5.74, 6) is -2.75. The number of pyridine rings is 1. The van der Waals surface area contributed by atoms with Crippen molar-refractivity contribution < 1.29 is 21.9 Å².